The van der Waals surface area contributed by atoms with Crippen LogP contribution >= 0.6 is 0 Å². The SMILES string of the molecule is COc1cnn(CC(C)(O)C(=O)Nc2ccc(C#N)c(C(F)(F)F)c2)c1. The molecule has 0 spiro atoms. The average molecular weight is 368 g/mol. The van der Waals surface area contributed by atoms with Crippen LogP contribution < -0.4 is 10.1 Å². The number of ether oxygens (including phenoxy) is 1. The van der Waals surface area contributed by atoms with Crippen molar-refractivity contribution in [2.75, 3.05) is 12.4 Å². The van der Waals surface area contributed by atoms with Gasteiger partial charge in [-0.2, -0.15) is 23.5 Å². The highest BCUT2D eigenvalue weighted by atomic mass is 19.4. The van der Waals surface area contributed by atoms with E-state index in [4.69, 9.17) is 10.00 Å². The number of rotatable bonds is 5. The van der Waals surface area contributed by atoms with E-state index in [0.29, 0.717) is 11.8 Å². The van der Waals surface area contributed by atoms with Gasteiger partial charge in [-0.1, -0.05) is 0 Å². The number of aliphatic hydroxyl groups is 1. The molecule has 2 N–H and O–H groups in total. The number of alkyl halides is 3. The van der Waals surface area contributed by atoms with Crippen molar-refractivity contribution in [3.63, 3.8) is 0 Å². The molecule has 1 aromatic heterocycles. The van der Waals surface area contributed by atoms with Crippen LogP contribution in [0.25, 0.3) is 0 Å². The van der Waals surface area contributed by atoms with Crippen LogP contribution in [-0.4, -0.2) is 33.5 Å². The molecule has 2 aromatic rings. The normalized spacial score (nSPS) is 13.6. The van der Waals surface area contributed by atoms with Gasteiger partial charge in [0.05, 0.1) is 43.2 Å². The van der Waals surface area contributed by atoms with Gasteiger partial charge in [-0.3, -0.25) is 9.48 Å². The minimum atomic E-state index is -4.75. The van der Waals surface area contributed by atoms with Crippen molar-refractivity contribution in [3.05, 3.63) is 41.7 Å². The first-order chi connectivity index (χ1) is 12.1. The second-order valence-electron chi connectivity index (χ2n) is 5.68. The lowest BCUT2D eigenvalue weighted by molar-refractivity contribution is -0.138. The summed E-state index contributed by atoms with van der Waals surface area (Å²) in [4.78, 5) is 12.3. The summed E-state index contributed by atoms with van der Waals surface area (Å²) in [5, 5.41) is 25.2. The third kappa shape index (κ3) is 4.31. The molecule has 0 saturated heterocycles. The van der Waals surface area contributed by atoms with Gasteiger partial charge in [-0.15, -0.1) is 0 Å². The number of nitriles is 1. The van der Waals surface area contributed by atoms with Crippen molar-refractivity contribution in [3.8, 4) is 11.8 Å². The molecule has 1 heterocycles. The smallest absolute Gasteiger partial charge is 0.417 e. The Kier molecular flexibility index (Phi) is 5.22. The number of nitrogens with zero attached hydrogens (tertiary/aromatic N) is 3. The highest BCUT2D eigenvalue weighted by Gasteiger charge is 2.35. The number of benzene rings is 1. The van der Waals surface area contributed by atoms with Crippen molar-refractivity contribution in [2.24, 2.45) is 0 Å². The third-order valence-electron chi connectivity index (χ3n) is 3.51. The van der Waals surface area contributed by atoms with Crippen molar-refractivity contribution >= 4 is 11.6 Å². The van der Waals surface area contributed by atoms with Crippen LogP contribution in [0.2, 0.25) is 0 Å². The Bertz CT molecular complexity index is 853. The van der Waals surface area contributed by atoms with Gasteiger partial charge in [0.15, 0.2) is 11.4 Å². The minimum Gasteiger partial charge on any atom is -0.493 e. The van der Waals surface area contributed by atoms with Gasteiger partial charge in [-0.05, 0) is 25.1 Å². The van der Waals surface area contributed by atoms with E-state index in [1.54, 1.807) is 0 Å². The fourth-order valence-electron chi connectivity index (χ4n) is 2.14. The second kappa shape index (κ2) is 7.05. The predicted molar refractivity (Wildman–Crippen MR) is 84.2 cm³/mol. The van der Waals surface area contributed by atoms with Gasteiger partial charge < -0.3 is 15.2 Å². The molecule has 0 aliphatic heterocycles. The van der Waals surface area contributed by atoms with E-state index in [2.05, 4.69) is 10.4 Å². The number of carbonyl (C=O) groups excluding carboxylic acids is 1. The number of methoxy groups -OCH3 is 1. The lowest BCUT2D eigenvalue weighted by Crippen LogP contribution is -2.43. The van der Waals surface area contributed by atoms with Gasteiger partial charge in [-0.25, -0.2) is 0 Å². The molecule has 2 rings (SSSR count). The molecule has 1 amide bonds. The molecule has 1 aromatic carbocycles. The Labute approximate surface area is 146 Å². The maximum absolute atomic E-state index is 13.0. The summed E-state index contributed by atoms with van der Waals surface area (Å²) in [6.07, 6.45) is -1.92. The quantitative estimate of drug-likeness (QED) is 0.843. The van der Waals surface area contributed by atoms with E-state index in [1.165, 1.54) is 37.2 Å². The standard InChI is InChI=1S/C16H15F3N4O3/c1-15(25,9-23-8-12(26-2)7-21-23)14(24)22-11-4-3-10(6-20)13(5-11)16(17,18)19/h3-5,7-8,25H,9H2,1-2H3,(H,22,24). The van der Waals surface area contributed by atoms with Crippen LogP contribution in [0.1, 0.15) is 18.1 Å². The summed E-state index contributed by atoms with van der Waals surface area (Å²) < 4.78 is 45.1. The van der Waals surface area contributed by atoms with Crippen LogP contribution in [0.15, 0.2) is 30.6 Å². The lowest BCUT2D eigenvalue weighted by Gasteiger charge is -2.22. The Balaban J connectivity index is 2.19. The fourth-order valence-corrected chi connectivity index (χ4v) is 2.14. The molecule has 0 saturated carbocycles. The van der Waals surface area contributed by atoms with E-state index >= 15 is 0 Å². The zero-order valence-corrected chi connectivity index (χ0v) is 13.8. The largest absolute Gasteiger partial charge is 0.493 e. The Morgan fingerprint density at radius 2 is 2.15 bits per heavy atom. The number of carbonyl (C=O) groups is 1. The monoisotopic (exact) mass is 368 g/mol. The summed E-state index contributed by atoms with van der Waals surface area (Å²) in [5.41, 5.74) is -3.89. The number of aromatic nitrogens is 2. The van der Waals surface area contributed by atoms with E-state index < -0.39 is 28.8 Å². The lowest BCUT2D eigenvalue weighted by atomic mass is 10.0. The number of hydrogen-bond donors (Lipinski definition) is 2. The Hall–Kier alpha value is -3.06. The van der Waals surface area contributed by atoms with Crippen LogP contribution in [-0.2, 0) is 17.5 Å². The highest BCUT2D eigenvalue weighted by Crippen LogP contribution is 2.33. The molecule has 7 nitrogen and oxygen atoms in total. The summed E-state index contributed by atoms with van der Waals surface area (Å²) in [5.74, 6) is -0.507. The summed E-state index contributed by atoms with van der Waals surface area (Å²) in [6.45, 7) is 0.954. The number of halogens is 3. The first-order valence-electron chi connectivity index (χ1n) is 7.28. The van der Waals surface area contributed by atoms with Crippen molar-refractivity contribution in [1.29, 1.82) is 5.26 Å². The summed E-state index contributed by atoms with van der Waals surface area (Å²) in [6, 6.07) is 4.19. The molecule has 10 heteroatoms. The predicted octanol–water partition coefficient (Wildman–Crippen LogP) is 2.17. The average Bonchev–Trinajstić information content (AvgIpc) is 3.00. The molecule has 0 aliphatic carbocycles. The first kappa shape index (κ1) is 19.3. The maximum Gasteiger partial charge on any atom is 0.417 e. The van der Waals surface area contributed by atoms with Gasteiger partial charge in [0.2, 0.25) is 0 Å². The zero-order valence-electron chi connectivity index (χ0n) is 13.8. The van der Waals surface area contributed by atoms with E-state index in [0.717, 1.165) is 12.1 Å². The third-order valence-corrected chi connectivity index (χ3v) is 3.51. The van der Waals surface area contributed by atoms with Crippen molar-refractivity contribution < 1.29 is 27.8 Å². The molecular formula is C16H15F3N4O3. The van der Waals surface area contributed by atoms with E-state index in [1.807, 2.05) is 0 Å². The minimum absolute atomic E-state index is 0.195. The van der Waals surface area contributed by atoms with Gasteiger partial charge in [0.25, 0.3) is 5.91 Å². The molecule has 26 heavy (non-hydrogen) atoms. The van der Waals surface area contributed by atoms with Crippen LogP contribution in [0.5, 0.6) is 5.75 Å². The highest BCUT2D eigenvalue weighted by molar-refractivity contribution is 5.96. The van der Waals surface area contributed by atoms with E-state index in [-0.39, 0.29) is 12.2 Å². The number of nitrogens with one attached hydrogen (secondary N) is 1. The molecule has 1 atom stereocenters. The summed E-state index contributed by atoms with van der Waals surface area (Å²) >= 11 is 0. The summed E-state index contributed by atoms with van der Waals surface area (Å²) in [7, 11) is 1.43. The second-order valence-corrected chi connectivity index (χ2v) is 5.68. The topological polar surface area (TPSA) is 100 Å². The Morgan fingerprint density at radius 1 is 1.46 bits per heavy atom. The van der Waals surface area contributed by atoms with Gasteiger partial charge in [0, 0.05) is 5.69 Å². The van der Waals surface area contributed by atoms with Crippen LogP contribution in [0.3, 0.4) is 0 Å². The first-order valence-corrected chi connectivity index (χ1v) is 7.28. The van der Waals surface area contributed by atoms with Gasteiger partial charge >= 0.3 is 6.18 Å². The molecule has 1 unspecified atom stereocenters. The molecule has 0 aliphatic rings. The zero-order chi connectivity index (χ0) is 19.5. The van der Waals surface area contributed by atoms with Crippen LogP contribution in [0, 0.1) is 11.3 Å². The molecule has 0 fully saturated rings. The fraction of sp³-hybridized carbons (Fsp3) is 0.312. The molecule has 138 valence electrons. The number of anilines is 1. The maximum atomic E-state index is 13.0. The molecule has 0 bridgehead atoms. The van der Waals surface area contributed by atoms with Crippen molar-refractivity contribution in [1.82, 2.24) is 9.78 Å². The molecular weight excluding hydrogens is 353 g/mol. The number of hydrogen-bond acceptors (Lipinski definition) is 5. The van der Waals surface area contributed by atoms with Crippen molar-refractivity contribution in [2.45, 2.75) is 25.2 Å². The Morgan fingerprint density at radius 3 is 2.69 bits per heavy atom. The van der Waals surface area contributed by atoms with Crippen LogP contribution in [0.4, 0.5) is 18.9 Å². The van der Waals surface area contributed by atoms with E-state index in [9.17, 15) is 23.1 Å². The van der Waals surface area contributed by atoms with Gasteiger partial charge in [0.1, 0.15) is 0 Å². The number of amides is 1. The molecule has 0 radical (unpaired) electrons.